The van der Waals surface area contributed by atoms with Gasteiger partial charge in [0.2, 0.25) is 0 Å². The molecule has 0 radical (unpaired) electrons. The van der Waals surface area contributed by atoms with E-state index in [0.717, 1.165) is 19.3 Å². The molecule has 0 rings (SSSR count). The number of hydrogen-bond donors (Lipinski definition) is 3. The highest BCUT2D eigenvalue weighted by atomic mass is 31.2. The number of esters is 2. The van der Waals surface area contributed by atoms with Gasteiger partial charge in [0.1, 0.15) is 12.7 Å². The lowest BCUT2D eigenvalue weighted by Crippen LogP contribution is -2.29. The average Bonchev–Trinajstić information content (AvgIpc) is 2.76. The molecular formula is C21H41O10P. The lowest BCUT2D eigenvalue weighted by Gasteiger charge is -2.20. The molecule has 3 unspecified atom stereocenters. The molecular weight excluding hydrogens is 443 g/mol. The Morgan fingerprint density at radius 2 is 1.41 bits per heavy atom. The first-order chi connectivity index (χ1) is 15.2. The second-order valence-corrected chi connectivity index (χ2v) is 9.12. The number of phosphoric ester groups is 1. The van der Waals surface area contributed by atoms with Crippen LogP contribution in [0.4, 0.5) is 0 Å². The van der Waals surface area contributed by atoms with E-state index >= 15 is 0 Å². The fraction of sp³-hybridized carbons (Fsp3) is 0.905. The van der Waals surface area contributed by atoms with E-state index in [0.29, 0.717) is 12.8 Å². The van der Waals surface area contributed by atoms with Crippen LogP contribution in [0.3, 0.4) is 0 Å². The van der Waals surface area contributed by atoms with E-state index in [1.165, 1.54) is 25.7 Å². The van der Waals surface area contributed by atoms with E-state index in [2.05, 4.69) is 11.4 Å². The summed E-state index contributed by atoms with van der Waals surface area (Å²) in [6, 6.07) is 0. The SMILES string of the molecule is CCCCCCCCCCC(=O)OC(COC(=O)CCC)COP(=O)(O)OCC(O)CO. The zero-order chi connectivity index (χ0) is 24.2. The number of rotatable bonds is 21. The molecule has 0 aliphatic carbocycles. The third-order valence-corrected chi connectivity index (χ3v) is 5.43. The summed E-state index contributed by atoms with van der Waals surface area (Å²) in [7, 11) is -4.56. The van der Waals surface area contributed by atoms with Gasteiger partial charge in [-0.25, -0.2) is 4.57 Å². The molecule has 0 aromatic rings. The van der Waals surface area contributed by atoms with Crippen LogP contribution in [0.15, 0.2) is 0 Å². The molecule has 3 N–H and O–H groups in total. The van der Waals surface area contributed by atoms with E-state index in [9.17, 15) is 24.2 Å². The summed E-state index contributed by atoms with van der Waals surface area (Å²) in [5.41, 5.74) is 0. The Balaban J connectivity index is 4.44. The summed E-state index contributed by atoms with van der Waals surface area (Å²) >= 11 is 0. The van der Waals surface area contributed by atoms with Crippen LogP contribution >= 0.6 is 7.82 Å². The molecule has 190 valence electrons. The maximum Gasteiger partial charge on any atom is 0.472 e. The quantitative estimate of drug-likeness (QED) is 0.126. The normalized spacial score (nSPS) is 15.0. The van der Waals surface area contributed by atoms with Gasteiger partial charge in [-0.2, -0.15) is 0 Å². The molecule has 0 aromatic heterocycles. The summed E-state index contributed by atoms with van der Waals surface area (Å²) in [5, 5.41) is 17.9. The molecule has 0 aliphatic rings. The van der Waals surface area contributed by atoms with Gasteiger partial charge in [0.05, 0.1) is 19.8 Å². The maximum absolute atomic E-state index is 12.1. The van der Waals surface area contributed by atoms with Crippen molar-refractivity contribution in [2.75, 3.05) is 26.4 Å². The second-order valence-electron chi connectivity index (χ2n) is 7.67. The Morgan fingerprint density at radius 1 is 0.812 bits per heavy atom. The number of carbonyl (C=O) groups excluding carboxylic acids is 2. The fourth-order valence-electron chi connectivity index (χ4n) is 2.67. The van der Waals surface area contributed by atoms with Gasteiger partial charge >= 0.3 is 19.8 Å². The minimum absolute atomic E-state index is 0.185. The molecule has 0 aliphatic heterocycles. The number of unbranched alkanes of at least 4 members (excludes halogenated alkanes) is 7. The van der Waals surface area contributed by atoms with E-state index in [1.807, 2.05) is 6.92 Å². The van der Waals surface area contributed by atoms with Crippen molar-refractivity contribution in [1.82, 2.24) is 0 Å². The standard InChI is InChI=1S/C21H41O10P/c1-3-5-6-7-8-9-10-11-13-21(25)31-19(16-28-20(24)12-4-2)17-30-32(26,27)29-15-18(23)14-22/h18-19,22-23H,3-17H2,1-2H3,(H,26,27). The lowest BCUT2D eigenvalue weighted by molar-refractivity contribution is -0.161. The highest BCUT2D eigenvalue weighted by Gasteiger charge is 2.27. The molecule has 0 fully saturated rings. The van der Waals surface area contributed by atoms with Gasteiger partial charge in [-0.05, 0) is 12.8 Å². The molecule has 0 aromatic carbocycles. The Hall–Kier alpha value is -1.03. The van der Waals surface area contributed by atoms with Crippen molar-refractivity contribution in [3.63, 3.8) is 0 Å². The van der Waals surface area contributed by atoms with Gasteiger partial charge in [-0.3, -0.25) is 18.6 Å². The predicted molar refractivity (Wildman–Crippen MR) is 118 cm³/mol. The van der Waals surface area contributed by atoms with Crippen molar-refractivity contribution in [2.45, 2.75) is 96.7 Å². The van der Waals surface area contributed by atoms with E-state index in [-0.39, 0.29) is 19.4 Å². The molecule has 10 nitrogen and oxygen atoms in total. The molecule has 0 saturated heterocycles. The van der Waals surface area contributed by atoms with Crippen LogP contribution in [0.2, 0.25) is 0 Å². The molecule has 0 saturated carbocycles. The third-order valence-electron chi connectivity index (χ3n) is 4.48. The first kappa shape index (κ1) is 31.0. The minimum Gasteiger partial charge on any atom is -0.462 e. The Bertz CT molecular complexity index is 543. The average molecular weight is 485 g/mol. The molecule has 32 heavy (non-hydrogen) atoms. The predicted octanol–water partition coefficient (Wildman–Crippen LogP) is 3.26. The summed E-state index contributed by atoms with van der Waals surface area (Å²) in [4.78, 5) is 33.4. The molecule has 0 bridgehead atoms. The van der Waals surface area contributed by atoms with Gasteiger partial charge in [-0.15, -0.1) is 0 Å². The van der Waals surface area contributed by atoms with Crippen molar-refractivity contribution < 1.29 is 47.8 Å². The summed E-state index contributed by atoms with van der Waals surface area (Å²) in [6.07, 6.45) is 7.16. The number of aliphatic hydroxyl groups excluding tert-OH is 2. The van der Waals surface area contributed by atoms with Crippen molar-refractivity contribution in [3.8, 4) is 0 Å². The van der Waals surface area contributed by atoms with Crippen LogP contribution in [0.1, 0.15) is 84.5 Å². The number of ether oxygens (including phenoxy) is 2. The third kappa shape index (κ3) is 18.5. The molecule has 0 amide bonds. The van der Waals surface area contributed by atoms with Gasteiger partial charge in [-0.1, -0.05) is 58.8 Å². The summed E-state index contributed by atoms with van der Waals surface area (Å²) < 4.78 is 31.5. The summed E-state index contributed by atoms with van der Waals surface area (Å²) in [5.74, 6) is -0.994. The second kappa shape index (κ2) is 19.4. The Kier molecular flexibility index (Phi) is 18.8. The zero-order valence-corrected chi connectivity index (χ0v) is 20.3. The van der Waals surface area contributed by atoms with Crippen LogP contribution in [-0.2, 0) is 32.7 Å². The smallest absolute Gasteiger partial charge is 0.462 e. The lowest BCUT2D eigenvalue weighted by atomic mass is 10.1. The highest BCUT2D eigenvalue weighted by Crippen LogP contribution is 2.43. The first-order valence-electron chi connectivity index (χ1n) is 11.5. The maximum atomic E-state index is 12.1. The number of hydrogen-bond acceptors (Lipinski definition) is 9. The largest absolute Gasteiger partial charge is 0.472 e. The van der Waals surface area contributed by atoms with Crippen LogP contribution in [0, 0.1) is 0 Å². The van der Waals surface area contributed by atoms with Gasteiger partial charge < -0.3 is 24.6 Å². The van der Waals surface area contributed by atoms with Crippen molar-refractivity contribution >= 4 is 19.8 Å². The zero-order valence-electron chi connectivity index (χ0n) is 19.4. The van der Waals surface area contributed by atoms with E-state index in [4.69, 9.17) is 19.1 Å². The summed E-state index contributed by atoms with van der Waals surface area (Å²) in [6.45, 7) is 1.87. The van der Waals surface area contributed by atoms with Crippen LogP contribution in [0.25, 0.3) is 0 Å². The van der Waals surface area contributed by atoms with Gasteiger partial charge in [0.25, 0.3) is 0 Å². The monoisotopic (exact) mass is 484 g/mol. The number of phosphoric acid groups is 1. The molecule has 0 spiro atoms. The molecule has 11 heteroatoms. The van der Waals surface area contributed by atoms with Crippen LogP contribution in [-0.4, -0.2) is 65.7 Å². The highest BCUT2D eigenvalue weighted by molar-refractivity contribution is 7.47. The number of aliphatic hydroxyl groups is 2. The Labute approximate surface area is 191 Å². The topological polar surface area (TPSA) is 149 Å². The van der Waals surface area contributed by atoms with Crippen LogP contribution < -0.4 is 0 Å². The molecule has 3 atom stereocenters. The molecule has 0 heterocycles. The van der Waals surface area contributed by atoms with Gasteiger partial charge in [0, 0.05) is 12.8 Å². The van der Waals surface area contributed by atoms with Crippen molar-refractivity contribution in [1.29, 1.82) is 0 Å². The first-order valence-corrected chi connectivity index (χ1v) is 13.0. The fourth-order valence-corrected chi connectivity index (χ4v) is 3.46. The van der Waals surface area contributed by atoms with Crippen LogP contribution in [0.5, 0.6) is 0 Å². The number of carbonyl (C=O) groups is 2. The van der Waals surface area contributed by atoms with E-state index < -0.39 is 51.8 Å². The van der Waals surface area contributed by atoms with Crippen molar-refractivity contribution in [3.05, 3.63) is 0 Å². The minimum atomic E-state index is -4.56. The Morgan fingerprint density at radius 3 is 2.00 bits per heavy atom. The van der Waals surface area contributed by atoms with Crippen molar-refractivity contribution in [2.24, 2.45) is 0 Å². The van der Waals surface area contributed by atoms with E-state index in [1.54, 1.807) is 0 Å². The van der Waals surface area contributed by atoms with Gasteiger partial charge in [0.15, 0.2) is 6.10 Å².